The van der Waals surface area contributed by atoms with Crippen molar-refractivity contribution in [3.05, 3.63) is 29.6 Å². The lowest BCUT2D eigenvalue weighted by Crippen LogP contribution is -2.47. The molecule has 0 unspecified atom stereocenters. The summed E-state index contributed by atoms with van der Waals surface area (Å²) < 4.78 is 13.4. The molecule has 1 aliphatic carbocycles. The number of nitrogens with one attached hydrogen (secondary N) is 1. The third-order valence-electron chi connectivity index (χ3n) is 3.24. The van der Waals surface area contributed by atoms with E-state index in [2.05, 4.69) is 12.2 Å². The summed E-state index contributed by atoms with van der Waals surface area (Å²) in [4.78, 5) is 0. The lowest BCUT2D eigenvalue weighted by molar-refractivity contribution is 0.206. The van der Waals surface area contributed by atoms with Crippen LogP contribution in [-0.4, -0.2) is 5.54 Å². The fourth-order valence-corrected chi connectivity index (χ4v) is 1.90. The van der Waals surface area contributed by atoms with Crippen molar-refractivity contribution in [1.82, 2.24) is 5.32 Å². The van der Waals surface area contributed by atoms with Crippen LogP contribution in [0.4, 0.5) is 10.1 Å². The number of halogens is 1. The number of hydrogen-bond donors (Lipinski definition) is 2. The van der Waals surface area contributed by atoms with Crippen LogP contribution in [0.5, 0.6) is 0 Å². The maximum Gasteiger partial charge on any atom is 0.129 e. The van der Waals surface area contributed by atoms with Gasteiger partial charge in [0.25, 0.3) is 0 Å². The van der Waals surface area contributed by atoms with Gasteiger partial charge in [-0.1, -0.05) is 6.07 Å². The summed E-state index contributed by atoms with van der Waals surface area (Å²) in [6.07, 6.45) is 3.64. The van der Waals surface area contributed by atoms with E-state index < -0.39 is 0 Å². The molecule has 0 heterocycles. The maximum atomic E-state index is 13.4. The fourth-order valence-electron chi connectivity index (χ4n) is 1.90. The molecule has 1 aromatic carbocycles. The summed E-state index contributed by atoms with van der Waals surface area (Å²) in [5.74, 6) is -0.217. The van der Waals surface area contributed by atoms with E-state index >= 15 is 0 Å². The van der Waals surface area contributed by atoms with E-state index in [4.69, 9.17) is 5.73 Å². The molecule has 1 fully saturated rings. The lowest BCUT2D eigenvalue weighted by atomic mass is 9.78. The van der Waals surface area contributed by atoms with Crippen molar-refractivity contribution >= 4 is 5.69 Å². The molecule has 1 aromatic rings. The Morgan fingerprint density at radius 1 is 1.47 bits per heavy atom. The Morgan fingerprint density at radius 3 is 2.73 bits per heavy atom. The Hall–Kier alpha value is -1.09. The molecule has 82 valence electrons. The van der Waals surface area contributed by atoms with Crippen LogP contribution < -0.4 is 11.1 Å². The van der Waals surface area contributed by atoms with E-state index in [9.17, 15) is 4.39 Å². The molecule has 1 aliphatic rings. The zero-order chi connectivity index (χ0) is 10.9. The van der Waals surface area contributed by atoms with E-state index in [0.717, 1.165) is 0 Å². The molecule has 15 heavy (non-hydrogen) atoms. The Morgan fingerprint density at radius 2 is 2.20 bits per heavy atom. The predicted octanol–water partition coefficient (Wildman–Crippen LogP) is 2.44. The van der Waals surface area contributed by atoms with E-state index in [0.29, 0.717) is 17.8 Å². The fraction of sp³-hybridized carbons (Fsp3) is 0.500. The van der Waals surface area contributed by atoms with E-state index in [1.54, 1.807) is 12.1 Å². The normalized spacial score (nSPS) is 18.5. The minimum Gasteiger partial charge on any atom is -0.399 e. The standard InChI is InChI=1S/C12H17FN2/c1-12(5-2-6-12)15-8-9-3-4-10(14)7-11(9)13/h3-4,7,15H,2,5-6,8,14H2,1H3. The van der Waals surface area contributed by atoms with Crippen molar-refractivity contribution in [2.45, 2.75) is 38.3 Å². The molecule has 0 radical (unpaired) electrons. The Balaban J connectivity index is 1.98. The molecule has 0 saturated heterocycles. The molecule has 2 rings (SSSR count). The van der Waals surface area contributed by atoms with Crippen LogP contribution in [-0.2, 0) is 6.54 Å². The first-order chi connectivity index (χ1) is 7.09. The number of nitrogen functional groups attached to an aromatic ring is 1. The number of rotatable bonds is 3. The first-order valence-electron chi connectivity index (χ1n) is 5.38. The van der Waals surface area contributed by atoms with Crippen LogP contribution >= 0.6 is 0 Å². The maximum absolute atomic E-state index is 13.4. The van der Waals surface area contributed by atoms with Crippen LogP contribution in [0.15, 0.2) is 18.2 Å². The summed E-state index contributed by atoms with van der Waals surface area (Å²) in [5.41, 5.74) is 6.87. The molecule has 0 aliphatic heterocycles. The largest absolute Gasteiger partial charge is 0.399 e. The van der Waals surface area contributed by atoms with Gasteiger partial charge in [0.2, 0.25) is 0 Å². The molecule has 2 nitrogen and oxygen atoms in total. The second kappa shape index (κ2) is 3.81. The highest BCUT2D eigenvalue weighted by molar-refractivity contribution is 5.40. The highest BCUT2D eigenvalue weighted by atomic mass is 19.1. The molecule has 0 amide bonds. The Kier molecular flexibility index (Phi) is 2.65. The zero-order valence-corrected chi connectivity index (χ0v) is 9.02. The lowest BCUT2D eigenvalue weighted by Gasteiger charge is -2.39. The minimum absolute atomic E-state index is 0.216. The van der Waals surface area contributed by atoms with Gasteiger partial charge in [-0.3, -0.25) is 0 Å². The van der Waals surface area contributed by atoms with Crippen molar-refractivity contribution in [1.29, 1.82) is 0 Å². The van der Waals surface area contributed by atoms with Gasteiger partial charge in [-0.2, -0.15) is 0 Å². The smallest absolute Gasteiger partial charge is 0.129 e. The van der Waals surface area contributed by atoms with Gasteiger partial charge >= 0.3 is 0 Å². The molecule has 0 spiro atoms. The summed E-state index contributed by atoms with van der Waals surface area (Å²) >= 11 is 0. The third-order valence-corrected chi connectivity index (χ3v) is 3.24. The highest BCUT2D eigenvalue weighted by Crippen LogP contribution is 2.31. The van der Waals surface area contributed by atoms with Crippen LogP contribution in [0.1, 0.15) is 31.7 Å². The monoisotopic (exact) mass is 208 g/mol. The molecule has 0 bridgehead atoms. The molecule has 0 atom stereocenters. The van der Waals surface area contributed by atoms with E-state index in [1.165, 1.54) is 25.3 Å². The minimum atomic E-state index is -0.217. The molecule has 3 N–H and O–H groups in total. The van der Waals surface area contributed by atoms with Gasteiger partial charge in [-0.25, -0.2) is 4.39 Å². The summed E-state index contributed by atoms with van der Waals surface area (Å²) in [6.45, 7) is 2.77. The van der Waals surface area contributed by atoms with Crippen molar-refractivity contribution in [3.63, 3.8) is 0 Å². The predicted molar refractivity (Wildman–Crippen MR) is 59.9 cm³/mol. The van der Waals surface area contributed by atoms with Crippen molar-refractivity contribution in [2.75, 3.05) is 5.73 Å². The van der Waals surface area contributed by atoms with Gasteiger partial charge in [0.15, 0.2) is 0 Å². The summed E-state index contributed by atoms with van der Waals surface area (Å²) in [5, 5.41) is 3.39. The average Bonchev–Trinajstić information content (AvgIpc) is 2.14. The van der Waals surface area contributed by atoms with Gasteiger partial charge in [0, 0.05) is 23.3 Å². The van der Waals surface area contributed by atoms with Gasteiger partial charge in [0.1, 0.15) is 5.82 Å². The SMILES string of the molecule is CC1(NCc2ccc(N)cc2F)CCC1. The second-order valence-corrected chi connectivity index (χ2v) is 4.62. The number of hydrogen-bond acceptors (Lipinski definition) is 2. The Labute approximate surface area is 89.7 Å². The summed E-state index contributed by atoms with van der Waals surface area (Å²) in [6, 6.07) is 4.86. The van der Waals surface area contributed by atoms with E-state index in [-0.39, 0.29) is 11.4 Å². The second-order valence-electron chi connectivity index (χ2n) is 4.62. The van der Waals surface area contributed by atoms with Gasteiger partial charge in [0.05, 0.1) is 0 Å². The van der Waals surface area contributed by atoms with Crippen molar-refractivity contribution < 1.29 is 4.39 Å². The molecule has 0 aromatic heterocycles. The number of anilines is 1. The van der Waals surface area contributed by atoms with Crippen LogP contribution in [0.2, 0.25) is 0 Å². The third kappa shape index (κ3) is 2.29. The van der Waals surface area contributed by atoms with Crippen molar-refractivity contribution in [2.24, 2.45) is 0 Å². The Bertz CT molecular complexity index is 359. The van der Waals surface area contributed by atoms with Crippen LogP contribution in [0.3, 0.4) is 0 Å². The van der Waals surface area contributed by atoms with Crippen LogP contribution in [0, 0.1) is 5.82 Å². The molecule has 1 saturated carbocycles. The molecule has 3 heteroatoms. The first-order valence-corrected chi connectivity index (χ1v) is 5.38. The van der Waals surface area contributed by atoms with E-state index in [1.807, 2.05) is 0 Å². The van der Waals surface area contributed by atoms with Gasteiger partial charge in [-0.05, 0) is 38.3 Å². The zero-order valence-electron chi connectivity index (χ0n) is 9.02. The number of nitrogens with two attached hydrogens (primary N) is 1. The highest BCUT2D eigenvalue weighted by Gasteiger charge is 2.30. The average molecular weight is 208 g/mol. The van der Waals surface area contributed by atoms with Crippen molar-refractivity contribution in [3.8, 4) is 0 Å². The van der Waals surface area contributed by atoms with Gasteiger partial charge in [-0.15, -0.1) is 0 Å². The first kappa shape index (κ1) is 10.4. The molecular formula is C12H17FN2. The number of benzene rings is 1. The topological polar surface area (TPSA) is 38.0 Å². The van der Waals surface area contributed by atoms with Gasteiger partial charge < -0.3 is 11.1 Å². The molecular weight excluding hydrogens is 191 g/mol. The summed E-state index contributed by atoms with van der Waals surface area (Å²) in [7, 11) is 0. The quantitative estimate of drug-likeness (QED) is 0.749. The van der Waals surface area contributed by atoms with Crippen LogP contribution in [0.25, 0.3) is 0 Å².